The molecule has 0 unspecified atom stereocenters. The van der Waals surface area contributed by atoms with Gasteiger partial charge in [-0.25, -0.2) is 0 Å². The molecule has 0 N–H and O–H groups in total. The molecule has 88 valence electrons. The predicted molar refractivity (Wildman–Crippen MR) is 42.8 cm³/mol. The Kier molecular flexibility index (Phi) is 5.10. The largest absolute Gasteiger partial charge is 0.465 e. The minimum atomic E-state index is -4.99. The first-order chi connectivity index (χ1) is 6.84. The van der Waals surface area contributed by atoms with Crippen molar-refractivity contribution < 1.29 is 32.2 Å². The van der Waals surface area contributed by atoms with Gasteiger partial charge in [-0.15, -0.1) is 0 Å². The first-order valence-electron chi connectivity index (χ1n) is 4.24. The molecule has 0 radical (unpaired) electrons. The molecule has 0 aliphatic rings. The molecule has 0 aliphatic heterocycles. The average Bonchev–Trinajstić information content (AvgIpc) is 2.01. The van der Waals surface area contributed by atoms with Crippen LogP contribution in [0.2, 0.25) is 0 Å². The lowest BCUT2D eigenvalue weighted by Crippen LogP contribution is -2.39. The molecule has 0 heterocycles. The summed E-state index contributed by atoms with van der Waals surface area (Å²) in [5.41, 5.74) is 0. The fraction of sp³-hybridized carbons (Fsp3) is 0.750. The number of esters is 2. The lowest BCUT2D eigenvalue weighted by Gasteiger charge is -2.16. The lowest BCUT2D eigenvalue weighted by molar-refractivity contribution is -0.208. The minimum Gasteiger partial charge on any atom is -0.465 e. The summed E-state index contributed by atoms with van der Waals surface area (Å²) in [5, 5.41) is 0. The Morgan fingerprint density at radius 2 is 1.40 bits per heavy atom. The van der Waals surface area contributed by atoms with E-state index in [2.05, 4.69) is 9.47 Å². The first kappa shape index (κ1) is 13.7. The summed E-state index contributed by atoms with van der Waals surface area (Å²) >= 11 is 0. The highest BCUT2D eigenvalue weighted by Gasteiger charge is 2.52. The van der Waals surface area contributed by atoms with Crippen LogP contribution in [0.25, 0.3) is 0 Å². The summed E-state index contributed by atoms with van der Waals surface area (Å²) in [7, 11) is 0. The topological polar surface area (TPSA) is 52.6 Å². The Morgan fingerprint density at radius 1 is 1.07 bits per heavy atom. The van der Waals surface area contributed by atoms with Crippen LogP contribution in [-0.2, 0) is 19.1 Å². The van der Waals surface area contributed by atoms with Gasteiger partial charge in [-0.05, 0) is 13.8 Å². The fourth-order valence-electron chi connectivity index (χ4n) is 0.815. The number of halogens is 3. The zero-order valence-electron chi connectivity index (χ0n) is 8.26. The van der Waals surface area contributed by atoms with Crippen LogP contribution in [0.1, 0.15) is 13.8 Å². The third-order valence-corrected chi connectivity index (χ3v) is 1.37. The van der Waals surface area contributed by atoms with E-state index in [9.17, 15) is 22.8 Å². The number of carbonyl (C=O) groups excluding carboxylic acids is 2. The molecule has 0 fully saturated rings. The van der Waals surface area contributed by atoms with Gasteiger partial charge in [0.25, 0.3) is 0 Å². The standard InChI is InChI=1S/C8H11F3O4/c1-3-14-6(12)5(8(9,10)11)7(13)15-4-2/h5H,3-4H2,1-2H3. The normalized spacial score (nSPS) is 11.3. The van der Waals surface area contributed by atoms with Crippen molar-refractivity contribution in [1.29, 1.82) is 0 Å². The molecule has 15 heavy (non-hydrogen) atoms. The van der Waals surface area contributed by atoms with Gasteiger partial charge in [0, 0.05) is 0 Å². The zero-order chi connectivity index (χ0) is 12.1. The maximum Gasteiger partial charge on any atom is 0.412 e. The molecule has 0 amide bonds. The van der Waals surface area contributed by atoms with Crippen molar-refractivity contribution in [3.05, 3.63) is 0 Å². The molecule has 0 bridgehead atoms. The number of hydrogen-bond acceptors (Lipinski definition) is 4. The van der Waals surface area contributed by atoms with E-state index in [0.29, 0.717) is 0 Å². The highest BCUT2D eigenvalue weighted by atomic mass is 19.4. The highest BCUT2D eigenvalue weighted by Crippen LogP contribution is 2.28. The van der Waals surface area contributed by atoms with Gasteiger partial charge in [-0.1, -0.05) is 0 Å². The van der Waals surface area contributed by atoms with Crippen LogP contribution in [0.4, 0.5) is 13.2 Å². The smallest absolute Gasteiger partial charge is 0.412 e. The Bertz CT molecular complexity index is 219. The van der Waals surface area contributed by atoms with E-state index in [1.54, 1.807) is 0 Å². The number of alkyl halides is 3. The first-order valence-corrected chi connectivity index (χ1v) is 4.24. The summed E-state index contributed by atoms with van der Waals surface area (Å²) in [6, 6.07) is 0. The van der Waals surface area contributed by atoms with Gasteiger partial charge < -0.3 is 9.47 Å². The summed E-state index contributed by atoms with van der Waals surface area (Å²) in [5.74, 6) is -6.12. The van der Waals surface area contributed by atoms with Crippen LogP contribution in [0.5, 0.6) is 0 Å². The maximum absolute atomic E-state index is 12.3. The number of ether oxygens (including phenoxy) is 2. The summed E-state index contributed by atoms with van der Waals surface area (Å²) < 4.78 is 45.1. The van der Waals surface area contributed by atoms with Gasteiger partial charge in [0.05, 0.1) is 13.2 Å². The second-order valence-corrected chi connectivity index (χ2v) is 2.48. The molecule has 0 aromatic rings. The van der Waals surface area contributed by atoms with Crippen molar-refractivity contribution in [1.82, 2.24) is 0 Å². The molecule has 0 atom stereocenters. The lowest BCUT2D eigenvalue weighted by atomic mass is 10.1. The molecule has 0 spiro atoms. The van der Waals surface area contributed by atoms with Gasteiger partial charge in [0.1, 0.15) is 0 Å². The van der Waals surface area contributed by atoms with Crippen molar-refractivity contribution in [2.45, 2.75) is 20.0 Å². The molecule has 0 saturated carbocycles. The monoisotopic (exact) mass is 228 g/mol. The quantitative estimate of drug-likeness (QED) is 0.537. The Balaban J connectivity index is 4.74. The third kappa shape index (κ3) is 4.18. The fourth-order valence-corrected chi connectivity index (χ4v) is 0.815. The average molecular weight is 228 g/mol. The van der Waals surface area contributed by atoms with Crippen molar-refractivity contribution in [3.8, 4) is 0 Å². The van der Waals surface area contributed by atoms with Crippen molar-refractivity contribution in [3.63, 3.8) is 0 Å². The van der Waals surface area contributed by atoms with E-state index >= 15 is 0 Å². The van der Waals surface area contributed by atoms with E-state index < -0.39 is 24.0 Å². The molecule has 0 aromatic carbocycles. The van der Waals surface area contributed by atoms with Gasteiger partial charge >= 0.3 is 18.1 Å². The minimum absolute atomic E-state index is 0.231. The van der Waals surface area contributed by atoms with E-state index in [-0.39, 0.29) is 13.2 Å². The molecule has 7 heteroatoms. The van der Waals surface area contributed by atoms with E-state index in [0.717, 1.165) is 0 Å². The van der Waals surface area contributed by atoms with Gasteiger partial charge in [-0.2, -0.15) is 13.2 Å². The maximum atomic E-state index is 12.3. The SMILES string of the molecule is CCOC(=O)C(C(=O)OCC)C(F)(F)F. The molecule has 0 saturated heterocycles. The summed E-state index contributed by atoms with van der Waals surface area (Å²) in [6.07, 6.45) is -4.99. The molecule has 4 nitrogen and oxygen atoms in total. The van der Waals surface area contributed by atoms with Crippen LogP contribution in [0, 0.1) is 5.92 Å². The third-order valence-electron chi connectivity index (χ3n) is 1.37. The number of carbonyl (C=O) groups is 2. The second-order valence-electron chi connectivity index (χ2n) is 2.48. The Hall–Kier alpha value is -1.27. The predicted octanol–water partition coefficient (Wildman–Crippen LogP) is 1.29. The van der Waals surface area contributed by atoms with Crippen LogP contribution >= 0.6 is 0 Å². The van der Waals surface area contributed by atoms with E-state index in [1.807, 2.05) is 0 Å². The zero-order valence-corrected chi connectivity index (χ0v) is 8.26. The van der Waals surface area contributed by atoms with Crippen LogP contribution in [0.15, 0.2) is 0 Å². The molecule has 0 aliphatic carbocycles. The molecule has 0 rings (SSSR count). The Labute approximate surface area is 84.3 Å². The molecule has 0 aromatic heterocycles. The summed E-state index contributed by atoms with van der Waals surface area (Å²) in [6.45, 7) is 2.22. The molecular weight excluding hydrogens is 217 g/mol. The van der Waals surface area contributed by atoms with E-state index in [1.165, 1.54) is 13.8 Å². The van der Waals surface area contributed by atoms with E-state index in [4.69, 9.17) is 0 Å². The van der Waals surface area contributed by atoms with Crippen LogP contribution in [-0.4, -0.2) is 31.3 Å². The summed E-state index contributed by atoms with van der Waals surface area (Å²) in [4.78, 5) is 21.7. The van der Waals surface area contributed by atoms with Crippen LogP contribution < -0.4 is 0 Å². The van der Waals surface area contributed by atoms with Crippen molar-refractivity contribution >= 4 is 11.9 Å². The Morgan fingerprint density at radius 3 is 1.60 bits per heavy atom. The molecular formula is C8H11F3O4. The van der Waals surface area contributed by atoms with Crippen LogP contribution in [0.3, 0.4) is 0 Å². The van der Waals surface area contributed by atoms with Gasteiger partial charge in [-0.3, -0.25) is 9.59 Å². The second kappa shape index (κ2) is 5.57. The van der Waals surface area contributed by atoms with Gasteiger partial charge in [0.2, 0.25) is 5.92 Å². The van der Waals surface area contributed by atoms with Crippen molar-refractivity contribution in [2.75, 3.05) is 13.2 Å². The van der Waals surface area contributed by atoms with Gasteiger partial charge in [0.15, 0.2) is 0 Å². The van der Waals surface area contributed by atoms with Crippen molar-refractivity contribution in [2.24, 2.45) is 5.92 Å². The number of hydrogen-bond donors (Lipinski definition) is 0. The number of rotatable bonds is 4. The highest BCUT2D eigenvalue weighted by molar-refractivity contribution is 5.95.